The highest BCUT2D eigenvalue weighted by atomic mass is 35.5. The quantitative estimate of drug-likeness (QED) is 0.832. The van der Waals surface area contributed by atoms with E-state index < -0.39 is 5.82 Å². The first kappa shape index (κ1) is 14.1. The topological polar surface area (TPSA) is 32.3 Å². The van der Waals surface area contributed by atoms with E-state index in [4.69, 9.17) is 23.2 Å². The van der Waals surface area contributed by atoms with Crippen molar-refractivity contribution >= 4 is 23.2 Å². The molecule has 1 atom stereocenters. The summed E-state index contributed by atoms with van der Waals surface area (Å²) in [6.45, 7) is 2.74. The molecule has 0 aliphatic heterocycles. The Morgan fingerprint density at radius 2 is 2.06 bits per heavy atom. The fourth-order valence-electron chi connectivity index (χ4n) is 2.19. The molecule has 1 fully saturated rings. The van der Waals surface area contributed by atoms with E-state index >= 15 is 0 Å². The van der Waals surface area contributed by atoms with Crippen LogP contribution in [0.5, 0.6) is 0 Å². The average molecular weight is 292 g/mol. The Morgan fingerprint density at radius 1 is 1.39 bits per heavy atom. The molecule has 0 bridgehead atoms. The third kappa shape index (κ3) is 3.15. The fraction of sp³-hybridized carbons (Fsp3) is 0.538. The SMILES string of the molecule is CC(NCC1CC(O)C1)c1cc(F)c(Cl)cc1Cl. The number of aliphatic hydroxyl groups excluding tert-OH is 1. The molecule has 0 saturated heterocycles. The first-order chi connectivity index (χ1) is 8.47. The molecule has 1 aliphatic rings. The summed E-state index contributed by atoms with van der Waals surface area (Å²) in [4.78, 5) is 0. The van der Waals surface area contributed by atoms with Crippen molar-refractivity contribution in [1.29, 1.82) is 0 Å². The van der Waals surface area contributed by atoms with Gasteiger partial charge in [0.25, 0.3) is 0 Å². The maximum absolute atomic E-state index is 13.4. The highest BCUT2D eigenvalue weighted by molar-refractivity contribution is 6.35. The van der Waals surface area contributed by atoms with Crippen molar-refractivity contribution in [2.45, 2.75) is 31.9 Å². The Balaban J connectivity index is 1.96. The molecule has 2 N–H and O–H groups in total. The minimum atomic E-state index is -0.455. The van der Waals surface area contributed by atoms with Gasteiger partial charge in [-0.3, -0.25) is 0 Å². The van der Waals surface area contributed by atoms with Gasteiger partial charge >= 0.3 is 0 Å². The standard InChI is InChI=1S/C13H16Cl2FNO/c1-7(17-6-8-2-9(18)3-8)10-4-13(16)12(15)5-11(10)14/h4-5,7-9,17-18H,2-3,6H2,1H3. The zero-order valence-electron chi connectivity index (χ0n) is 10.1. The van der Waals surface area contributed by atoms with Crippen LogP contribution >= 0.6 is 23.2 Å². The van der Waals surface area contributed by atoms with Gasteiger partial charge in [0.05, 0.1) is 11.1 Å². The second-order valence-electron chi connectivity index (χ2n) is 4.91. The molecule has 5 heteroatoms. The number of halogens is 3. The van der Waals surface area contributed by atoms with E-state index in [1.807, 2.05) is 6.92 Å². The highest BCUT2D eigenvalue weighted by Crippen LogP contribution is 2.30. The van der Waals surface area contributed by atoms with Crippen LogP contribution in [-0.4, -0.2) is 17.8 Å². The number of rotatable bonds is 4. The molecular formula is C13H16Cl2FNO. The van der Waals surface area contributed by atoms with E-state index in [1.54, 1.807) is 0 Å². The normalized spacial score (nSPS) is 24.7. The Kier molecular flexibility index (Phi) is 4.49. The van der Waals surface area contributed by atoms with Crippen LogP contribution in [0.2, 0.25) is 10.0 Å². The maximum atomic E-state index is 13.4. The molecule has 1 unspecified atom stereocenters. The van der Waals surface area contributed by atoms with E-state index in [-0.39, 0.29) is 17.2 Å². The van der Waals surface area contributed by atoms with Gasteiger partial charge in [-0.15, -0.1) is 0 Å². The first-order valence-corrected chi connectivity index (χ1v) is 6.79. The van der Waals surface area contributed by atoms with Crippen LogP contribution < -0.4 is 5.32 Å². The molecule has 0 amide bonds. The van der Waals surface area contributed by atoms with E-state index in [0.717, 1.165) is 19.4 Å². The summed E-state index contributed by atoms with van der Waals surface area (Å²) in [5.41, 5.74) is 0.707. The maximum Gasteiger partial charge on any atom is 0.142 e. The minimum Gasteiger partial charge on any atom is -0.393 e. The van der Waals surface area contributed by atoms with E-state index in [1.165, 1.54) is 12.1 Å². The van der Waals surface area contributed by atoms with Gasteiger partial charge in [-0.1, -0.05) is 23.2 Å². The van der Waals surface area contributed by atoms with Crippen LogP contribution in [0.15, 0.2) is 12.1 Å². The van der Waals surface area contributed by atoms with Crippen molar-refractivity contribution in [3.63, 3.8) is 0 Å². The fourth-order valence-corrected chi connectivity index (χ4v) is 2.74. The van der Waals surface area contributed by atoms with Crippen molar-refractivity contribution in [3.8, 4) is 0 Å². The van der Waals surface area contributed by atoms with Gasteiger partial charge in [-0.2, -0.15) is 0 Å². The Labute approximate surface area is 116 Å². The minimum absolute atomic E-state index is 0.0398. The zero-order chi connectivity index (χ0) is 13.3. The second-order valence-corrected chi connectivity index (χ2v) is 5.72. The monoisotopic (exact) mass is 291 g/mol. The summed E-state index contributed by atoms with van der Waals surface area (Å²) in [5, 5.41) is 13.0. The lowest BCUT2D eigenvalue weighted by Crippen LogP contribution is -2.37. The lowest BCUT2D eigenvalue weighted by Gasteiger charge is -2.32. The molecule has 1 aliphatic carbocycles. The molecule has 100 valence electrons. The molecular weight excluding hydrogens is 276 g/mol. The van der Waals surface area contributed by atoms with Crippen LogP contribution in [-0.2, 0) is 0 Å². The molecule has 1 saturated carbocycles. The summed E-state index contributed by atoms with van der Waals surface area (Å²) in [6.07, 6.45) is 1.52. The lowest BCUT2D eigenvalue weighted by molar-refractivity contribution is 0.0420. The smallest absolute Gasteiger partial charge is 0.142 e. The van der Waals surface area contributed by atoms with Gasteiger partial charge in [0.1, 0.15) is 5.82 Å². The number of hydrogen-bond donors (Lipinski definition) is 2. The Morgan fingerprint density at radius 3 is 2.67 bits per heavy atom. The number of benzene rings is 1. The second kappa shape index (κ2) is 5.74. The highest BCUT2D eigenvalue weighted by Gasteiger charge is 2.27. The molecule has 0 aromatic heterocycles. The first-order valence-electron chi connectivity index (χ1n) is 6.03. The molecule has 1 aromatic carbocycles. The largest absolute Gasteiger partial charge is 0.393 e. The molecule has 1 aromatic rings. The van der Waals surface area contributed by atoms with E-state index in [9.17, 15) is 9.50 Å². The number of hydrogen-bond acceptors (Lipinski definition) is 2. The molecule has 18 heavy (non-hydrogen) atoms. The van der Waals surface area contributed by atoms with Gasteiger partial charge in [-0.05, 0) is 49.9 Å². The lowest BCUT2D eigenvalue weighted by atomic mass is 9.82. The molecule has 2 rings (SSSR count). The molecule has 0 heterocycles. The molecule has 0 radical (unpaired) electrons. The zero-order valence-corrected chi connectivity index (χ0v) is 11.6. The Hall–Kier alpha value is -0.350. The third-order valence-electron chi connectivity index (χ3n) is 3.43. The van der Waals surface area contributed by atoms with Gasteiger partial charge < -0.3 is 10.4 Å². The van der Waals surface area contributed by atoms with Crippen molar-refractivity contribution in [2.24, 2.45) is 5.92 Å². The summed E-state index contributed by atoms with van der Waals surface area (Å²) >= 11 is 11.7. The summed E-state index contributed by atoms with van der Waals surface area (Å²) in [5.74, 6) is 0.0437. The van der Waals surface area contributed by atoms with Crippen LogP contribution in [0.1, 0.15) is 31.4 Å². The average Bonchev–Trinajstić information content (AvgIpc) is 2.27. The van der Waals surface area contributed by atoms with Crippen LogP contribution in [0.25, 0.3) is 0 Å². The van der Waals surface area contributed by atoms with Gasteiger partial charge in [0, 0.05) is 11.1 Å². The molecule has 2 nitrogen and oxygen atoms in total. The van der Waals surface area contributed by atoms with Crippen LogP contribution in [0.3, 0.4) is 0 Å². The van der Waals surface area contributed by atoms with Crippen molar-refractivity contribution in [1.82, 2.24) is 5.32 Å². The summed E-state index contributed by atoms with van der Waals surface area (Å²) in [6, 6.07) is 2.76. The van der Waals surface area contributed by atoms with Crippen molar-refractivity contribution < 1.29 is 9.50 Å². The van der Waals surface area contributed by atoms with Crippen LogP contribution in [0.4, 0.5) is 4.39 Å². The van der Waals surface area contributed by atoms with Gasteiger partial charge in [0.2, 0.25) is 0 Å². The van der Waals surface area contributed by atoms with Gasteiger partial charge in [-0.25, -0.2) is 4.39 Å². The number of aliphatic hydroxyl groups is 1. The Bertz CT molecular complexity index is 435. The van der Waals surface area contributed by atoms with Gasteiger partial charge in [0.15, 0.2) is 0 Å². The van der Waals surface area contributed by atoms with Crippen molar-refractivity contribution in [2.75, 3.05) is 6.54 Å². The van der Waals surface area contributed by atoms with E-state index in [2.05, 4.69) is 5.32 Å². The third-order valence-corrected chi connectivity index (χ3v) is 4.05. The predicted molar refractivity (Wildman–Crippen MR) is 71.6 cm³/mol. The summed E-state index contributed by atoms with van der Waals surface area (Å²) < 4.78 is 13.4. The van der Waals surface area contributed by atoms with Crippen molar-refractivity contribution in [3.05, 3.63) is 33.6 Å². The van der Waals surface area contributed by atoms with Crippen LogP contribution in [0, 0.1) is 11.7 Å². The van der Waals surface area contributed by atoms with E-state index in [0.29, 0.717) is 16.5 Å². The predicted octanol–water partition coefficient (Wildman–Crippen LogP) is 3.55. The number of nitrogens with one attached hydrogen (secondary N) is 1. The molecule has 0 spiro atoms. The summed E-state index contributed by atoms with van der Waals surface area (Å²) in [7, 11) is 0.